The standard InChI is InChI=1S/C13H14N4O3/c1-8-7-12(16-13(14-3)15-8)20-11-6-4-5-10(9(11)2)17(18)19/h4-7H,1-3H3,(H,14,15,16). The van der Waals surface area contributed by atoms with Gasteiger partial charge in [-0.2, -0.15) is 4.98 Å². The van der Waals surface area contributed by atoms with E-state index in [4.69, 9.17) is 4.74 Å². The minimum Gasteiger partial charge on any atom is -0.438 e. The lowest BCUT2D eigenvalue weighted by atomic mass is 10.2. The summed E-state index contributed by atoms with van der Waals surface area (Å²) < 4.78 is 5.63. The largest absolute Gasteiger partial charge is 0.438 e. The predicted octanol–water partition coefficient (Wildman–Crippen LogP) is 2.84. The molecular weight excluding hydrogens is 260 g/mol. The second-order valence-corrected chi connectivity index (χ2v) is 4.18. The number of benzene rings is 1. The number of nitro groups is 1. The van der Waals surface area contributed by atoms with Crippen molar-refractivity contribution in [2.24, 2.45) is 0 Å². The van der Waals surface area contributed by atoms with Crippen molar-refractivity contribution in [3.05, 3.63) is 45.6 Å². The number of nitrogens with one attached hydrogen (secondary N) is 1. The molecule has 0 radical (unpaired) electrons. The average molecular weight is 274 g/mol. The van der Waals surface area contributed by atoms with Crippen molar-refractivity contribution in [2.45, 2.75) is 13.8 Å². The van der Waals surface area contributed by atoms with Crippen LogP contribution in [-0.2, 0) is 0 Å². The van der Waals surface area contributed by atoms with E-state index < -0.39 is 4.92 Å². The highest BCUT2D eigenvalue weighted by molar-refractivity contribution is 5.49. The van der Waals surface area contributed by atoms with Gasteiger partial charge in [0, 0.05) is 24.9 Å². The number of anilines is 1. The Bertz CT molecular complexity index is 658. The summed E-state index contributed by atoms with van der Waals surface area (Å²) in [6.07, 6.45) is 0. The molecule has 7 nitrogen and oxygen atoms in total. The van der Waals surface area contributed by atoms with E-state index >= 15 is 0 Å². The summed E-state index contributed by atoms with van der Waals surface area (Å²) in [4.78, 5) is 18.8. The van der Waals surface area contributed by atoms with Crippen molar-refractivity contribution < 1.29 is 9.66 Å². The van der Waals surface area contributed by atoms with Crippen LogP contribution in [0.2, 0.25) is 0 Å². The summed E-state index contributed by atoms with van der Waals surface area (Å²) in [5.41, 5.74) is 1.21. The first kappa shape index (κ1) is 13.7. The van der Waals surface area contributed by atoms with Crippen LogP contribution in [-0.4, -0.2) is 21.9 Å². The van der Waals surface area contributed by atoms with Gasteiger partial charge in [0.25, 0.3) is 5.69 Å². The molecule has 0 saturated heterocycles. The third kappa shape index (κ3) is 2.82. The minimum atomic E-state index is -0.438. The Kier molecular flexibility index (Phi) is 3.79. The third-order valence-corrected chi connectivity index (χ3v) is 2.72. The molecule has 1 aromatic carbocycles. The van der Waals surface area contributed by atoms with E-state index in [1.807, 2.05) is 6.92 Å². The smallest absolute Gasteiger partial charge is 0.276 e. The third-order valence-electron chi connectivity index (χ3n) is 2.72. The summed E-state index contributed by atoms with van der Waals surface area (Å²) >= 11 is 0. The van der Waals surface area contributed by atoms with Crippen molar-refractivity contribution in [3.8, 4) is 11.6 Å². The van der Waals surface area contributed by atoms with Crippen LogP contribution in [0.1, 0.15) is 11.3 Å². The van der Waals surface area contributed by atoms with Gasteiger partial charge < -0.3 is 10.1 Å². The number of aryl methyl sites for hydroxylation is 1. The van der Waals surface area contributed by atoms with Crippen LogP contribution in [0.5, 0.6) is 11.6 Å². The molecule has 1 aromatic heterocycles. The van der Waals surface area contributed by atoms with Crippen LogP contribution in [0.4, 0.5) is 11.6 Å². The predicted molar refractivity (Wildman–Crippen MR) is 74.2 cm³/mol. The fourth-order valence-electron chi connectivity index (χ4n) is 1.73. The Morgan fingerprint density at radius 1 is 1.30 bits per heavy atom. The molecule has 0 amide bonds. The van der Waals surface area contributed by atoms with Crippen LogP contribution < -0.4 is 10.1 Å². The Hall–Kier alpha value is -2.70. The fraction of sp³-hybridized carbons (Fsp3) is 0.231. The molecule has 0 bridgehead atoms. The molecule has 20 heavy (non-hydrogen) atoms. The van der Waals surface area contributed by atoms with E-state index in [2.05, 4.69) is 15.3 Å². The number of rotatable bonds is 4. The van der Waals surface area contributed by atoms with Crippen molar-refractivity contribution in [3.63, 3.8) is 0 Å². The van der Waals surface area contributed by atoms with E-state index in [1.54, 1.807) is 32.2 Å². The number of hydrogen-bond donors (Lipinski definition) is 1. The van der Waals surface area contributed by atoms with Crippen LogP contribution in [0, 0.1) is 24.0 Å². The van der Waals surface area contributed by atoms with Crippen LogP contribution in [0.3, 0.4) is 0 Å². The minimum absolute atomic E-state index is 0.0159. The summed E-state index contributed by atoms with van der Waals surface area (Å²) in [7, 11) is 1.71. The summed E-state index contributed by atoms with van der Waals surface area (Å²) in [6.45, 7) is 3.45. The van der Waals surface area contributed by atoms with Crippen LogP contribution >= 0.6 is 0 Å². The normalized spacial score (nSPS) is 10.2. The van der Waals surface area contributed by atoms with E-state index in [0.717, 1.165) is 5.69 Å². The fourth-order valence-corrected chi connectivity index (χ4v) is 1.73. The van der Waals surface area contributed by atoms with Gasteiger partial charge in [-0.15, -0.1) is 0 Å². The molecule has 0 aliphatic heterocycles. The van der Waals surface area contributed by atoms with E-state index in [0.29, 0.717) is 23.1 Å². The van der Waals surface area contributed by atoms with Gasteiger partial charge in [-0.1, -0.05) is 6.07 Å². The molecule has 0 atom stereocenters. The zero-order chi connectivity index (χ0) is 14.7. The molecular formula is C13H14N4O3. The zero-order valence-corrected chi connectivity index (χ0v) is 11.4. The number of aromatic nitrogens is 2. The molecule has 7 heteroatoms. The first-order valence-corrected chi connectivity index (χ1v) is 5.96. The summed E-state index contributed by atoms with van der Waals surface area (Å²) in [5, 5.41) is 13.7. The summed E-state index contributed by atoms with van der Waals surface area (Å²) in [6, 6.07) is 6.35. The maximum atomic E-state index is 10.9. The molecule has 0 aliphatic carbocycles. The van der Waals surface area contributed by atoms with Crippen molar-refractivity contribution >= 4 is 11.6 Å². The van der Waals surface area contributed by atoms with Crippen LogP contribution in [0.15, 0.2) is 24.3 Å². The van der Waals surface area contributed by atoms with Crippen LogP contribution in [0.25, 0.3) is 0 Å². The molecule has 2 aromatic rings. The number of ether oxygens (including phenoxy) is 1. The average Bonchev–Trinajstić information content (AvgIpc) is 2.40. The molecule has 2 rings (SSSR count). The second-order valence-electron chi connectivity index (χ2n) is 4.18. The Balaban J connectivity index is 2.37. The molecule has 1 heterocycles. The number of nitrogens with zero attached hydrogens (tertiary/aromatic N) is 3. The van der Waals surface area contributed by atoms with Gasteiger partial charge in [-0.3, -0.25) is 10.1 Å². The quantitative estimate of drug-likeness (QED) is 0.681. The molecule has 104 valence electrons. The number of hydrogen-bond acceptors (Lipinski definition) is 6. The monoisotopic (exact) mass is 274 g/mol. The van der Waals surface area contributed by atoms with E-state index in [-0.39, 0.29) is 5.69 Å². The van der Waals surface area contributed by atoms with Gasteiger partial charge in [0.2, 0.25) is 11.8 Å². The highest BCUT2D eigenvalue weighted by atomic mass is 16.6. The van der Waals surface area contributed by atoms with Crippen molar-refractivity contribution in [1.82, 2.24) is 9.97 Å². The molecule has 1 N–H and O–H groups in total. The van der Waals surface area contributed by atoms with Gasteiger partial charge in [0.05, 0.1) is 10.5 Å². The zero-order valence-electron chi connectivity index (χ0n) is 11.4. The lowest BCUT2D eigenvalue weighted by Gasteiger charge is -2.09. The lowest BCUT2D eigenvalue weighted by Crippen LogP contribution is -2.00. The van der Waals surface area contributed by atoms with Gasteiger partial charge in [0.1, 0.15) is 5.75 Å². The topological polar surface area (TPSA) is 90.2 Å². The van der Waals surface area contributed by atoms with Gasteiger partial charge >= 0.3 is 0 Å². The lowest BCUT2D eigenvalue weighted by molar-refractivity contribution is -0.385. The Labute approximate surface area is 115 Å². The SMILES string of the molecule is CNc1nc(C)cc(Oc2cccc([N+](=O)[O-])c2C)n1. The Morgan fingerprint density at radius 2 is 2.05 bits per heavy atom. The molecule has 0 fully saturated rings. The molecule has 0 spiro atoms. The van der Waals surface area contributed by atoms with Crippen molar-refractivity contribution in [1.29, 1.82) is 0 Å². The first-order valence-electron chi connectivity index (χ1n) is 5.96. The highest BCUT2D eigenvalue weighted by Crippen LogP contribution is 2.30. The maximum absolute atomic E-state index is 10.9. The van der Waals surface area contributed by atoms with Crippen molar-refractivity contribution in [2.75, 3.05) is 12.4 Å². The van der Waals surface area contributed by atoms with E-state index in [9.17, 15) is 10.1 Å². The van der Waals surface area contributed by atoms with Gasteiger partial charge in [-0.05, 0) is 19.9 Å². The molecule has 0 saturated carbocycles. The summed E-state index contributed by atoms with van der Waals surface area (Å²) in [5.74, 6) is 1.17. The van der Waals surface area contributed by atoms with Gasteiger partial charge in [0.15, 0.2) is 0 Å². The maximum Gasteiger partial charge on any atom is 0.276 e. The second kappa shape index (κ2) is 5.52. The number of nitro benzene ring substituents is 1. The molecule has 0 unspecified atom stereocenters. The Morgan fingerprint density at radius 3 is 2.70 bits per heavy atom. The van der Waals surface area contributed by atoms with E-state index in [1.165, 1.54) is 6.07 Å². The first-order chi connectivity index (χ1) is 9.51. The van der Waals surface area contributed by atoms with Gasteiger partial charge in [-0.25, -0.2) is 4.98 Å². The molecule has 0 aliphatic rings. The highest BCUT2D eigenvalue weighted by Gasteiger charge is 2.15.